The Morgan fingerprint density at radius 1 is 1.80 bits per heavy atom. The first-order valence-electron chi connectivity index (χ1n) is 4.65. The molecule has 15 heavy (non-hydrogen) atoms. The topological polar surface area (TPSA) is 97.3 Å². The number of amides is 1. The predicted molar refractivity (Wildman–Crippen MR) is 57.9 cm³/mol. The Balaban J connectivity index is 1.94. The van der Waals surface area contributed by atoms with Crippen molar-refractivity contribution in [3.63, 3.8) is 0 Å². The van der Waals surface area contributed by atoms with Crippen LogP contribution in [-0.2, 0) is 11.3 Å². The van der Waals surface area contributed by atoms with Gasteiger partial charge in [-0.25, -0.2) is 10.8 Å². The molecule has 1 aliphatic heterocycles. The second kappa shape index (κ2) is 4.13. The molecule has 2 heterocycles. The van der Waals surface area contributed by atoms with Gasteiger partial charge in [0.05, 0.1) is 11.7 Å². The summed E-state index contributed by atoms with van der Waals surface area (Å²) >= 11 is 1.45. The molecule has 1 aliphatic rings. The SMILES string of the molecule is NNc1nc(CN2CCC2C(N)=O)cs1. The van der Waals surface area contributed by atoms with Crippen molar-refractivity contribution in [2.24, 2.45) is 11.6 Å². The number of primary amides is 1. The number of hydrogen-bond acceptors (Lipinski definition) is 6. The number of nitrogens with two attached hydrogens (primary N) is 2. The number of carbonyl (C=O) groups is 1. The van der Waals surface area contributed by atoms with Crippen LogP contribution in [0.5, 0.6) is 0 Å². The largest absolute Gasteiger partial charge is 0.368 e. The zero-order valence-electron chi connectivity index (χ0n) is 8.14. The average molecular weight is 227 g/mol. The molecule has 82 valence electrons. The summed E-state index contributed by atoms with van der Waals surface area (Å²) in [5.74, 6) is 4.97. The quantitative estimate of drug-likeness (QED) is 0.475. The fourth-order valence-electron chi connectivity index (χ4n) is 1.61. The maximum Gasteiger partial charge on any atom is 0.234 e. The minimum Gasteiger partial charge on any atom is -0.368 e. The highest BCUT2D eigenvalue weighted by molar-refractivity contribution is 7.13. The van der Waals surface area contributed by atoms with Crippen LogP contribution in [0.15, 0.2) is 5.38 Å². The van der Waals surface area contributed by atoms with E-state index >= 15 is 0 Å². The molecule has 1 aromatic rings. The van der Waals surface area contributed by atoms with Gasteiger partial charge in [0.25, 0.3) is 0 Å². The molecule has 1 atom stereocenters. The third kappa shape index (κ3) is 2.09. The van der Waals surface area contributed by atoms with E-state index in [0.717, 1.165) is 18.7 Å². The van der Waals surface area contributed by atoms with Crippen molar-refractivity contribution in [1.82, 2.24) is 9.88 Å². The summed E-state index contributed by atoms with van der Waals surface area (Å²) in [7, 11) is 0. The molecule has 0 aliphatic carbocycles. The van der Waals surface area contributed by atoms with E-state index < -0.39 is 0 Å². The smallest absolute Gasteiger partial charge is 0.234 e. The fraction of sp³-hybridized carbons (Fsp3) is 0.500. The van der Waals surface area contributed by atoms with E-state index in [-0.39, 0.29) is 11.9 Å². The second-order valence-corrected chi connectivity index (χ2v) is 4.32. The Morgan fingerprint density at radius 2 is 2.60 bits per heavy atom. The molecule has 5 N–H and O–H groups in total. The lowest BCUT2D eigenvalue weighted by molar-refractivity contribution is -0.127. The Hall–Kier alpha value is -1.18. The molecule has 0 aromatic carbocycles. The summed E-state index contributed by atoms with van der Waals surface area (Å²) in [6.07, 6.45) is 0.849. The Morgan fingerprint density at radius 3 is 3.07 bits per heavy atom. The molecule has 1 fully saturated rings. The number of thiazole rings is 1. The van der Waals surface area contributed by atoms with Gasteiger partial charge in [-0.05, 0) is 6.42 Å². The van der Waals surface area contributed by atoms with Crippen molar-refractivity contribution < 1.29 is 4.79 Å². The number of nitrogens with one attached hydrogen (secondary N) is 1. The fourth-order valence-corrected chi connectivity index (χ4v) is 2.22. The predicted octanol–water partition coefficient (Wildman–Crippen LogP) is -0.512. The van der Waals surface area contributed by atoms with Gasteiger partial charge in [0.15, 0.2) is 5.13 Å². The highest BCUT2D eigenvalue weighted by Gasteiger charge is 2.32. The number of rotatable bonds is 4. The molecule has 1 amide bonds. The second-order valence-electron chi connectivity index (χ2n) is 3.47. The third-order valence-corrected chi connectivity index (χ3v) is 3.32. The Bertz CT molecular complexity index is 366. The van der Waals surface area contributed by atoms with Crippen molar-refractivity contribution in [2.45, 2.75) is 19.0 Å². The first-order valence-corrected chi connectivity index (χ1v) is 5.53. The van der Waals surface area contributed by atoms with Crippen molar-refractivity contribution in [1.29, 1.82) is 0 Å². The number of aromatic nitrogens is 1. The lowest BCUT2D eigenvalue weighted by Gasteiger charge is -2.38. The molecule has 0 radical (unpaired) electrons. The first-order chi connectivity index (χ1) is 7.20. The first kappa shape index (κ1) is 10.3. The van der Waals surface area contributed by atoms with Gasteiger partial charge in [-0.15, -0.1) is 11.3 Å². The van der Waals surface area contributed by atoms with Crippen LogP contribution in [0.2, 0.25) is 0 Å². The minimum absolute atomic E-state index is 0.124. The minimum atomic E-state index is -0.256. The van der Waals surface area contributed by atoms with Crippen molar-refractivity contribution in [2.75, 3.05) is 12.0 Å². The van der Waals surface area contributed by atoms with Gasteiger partial charge >= 0.3 is 0 Å². The van der Waals surface area contributed by atoms with Gasteiger partial charge in [0.2, 0.25) is 5.91 Å². The molecule has 0 bridgehead atoms. The van der Waals surface area contributed by atoms with E-state index in [1.807, 2.05) is 10.3 Å². The summed E-state index contributed by atoms with van der Waals surface area (Å²) in [5.41, 5.74) is 8.65. The Labute approximate surface area is 91.2 Å². The maximum atomic E-state index is 11.0. The van der Waals surface area contributed by atoms with Gasteiger partial charge in [0, 0.05) is 18.5 Å². The van der Waals surface area contributed by atoms with Crippen LogP contribution in [0, 0.1) is 0 Å². The number of nitrogen functional groups attached to an aromatic ring is 1. The molecular formula is C8H13N5OS. The van der Waals surface area contributed by atoms with Crippen molar-refractivity contribution >= 4 is 22.4 Å². The molecular weight excluding hydrogens is 214 g/mol. The summed E-state index contributed by atoms with van der Waals surface area (Å²) in [6, 6.07) is -0.124. The summed E-state index contributed by atoms with van der Waals surface area (Å²) in [4.78, 5) is 17.2. The van der Waals surface area contributed by atoms with E-state index in [1.165, 1.54) is 11.3 Å². The van der Waals surface area contributed by atoms with Crippen molar-refractivity contribution in [3.05, 3.63) is 11.1 Å². The van der Waals surface area contributed by atoms with E-state index in [2.05, 4.69) is 10.4 Å². The van der Waals surface area contributed by atoms with Crippen LogP contribution in [-0.4, -0.2) is 28.4 Å². The van der Waals surface area contributed by atoms with Crippen LogP contribution >= 0.6 is 11.3 Å². The van der Waals surface area contributed by atoms with E-state index in [0.29, 0.717) is 11.7 Å². The average Bonchev–Trinajstić information content (AvgIpc) is 2.59. The van der Waals surface area contributed by atoms with Crippen LogP contribution in [0.25, 0.3) is 0 Å². The van der Waals surface area contributed by atoms with Crippen molar-refractivity contribution in [3.8, 4) is 0 Å². The zero-order chi connectivity index (χ0) is 10.8. The molecule has 1 unspecified atom stereocenters. The maximum absolute atomic E-state index is 11.0. The van der Waals surface area contributed by atoms with E-state index in [9.17, 15) is 4.79 Å². The standard InChI is InChI=1S/C8H13N5OS/c9-7(14)6-1-2-13(6)3-5-4-15-8(11-5)12-10/h4,6H,1-3,10H2,(H2,9,14)(H,11,12). The van der Waals surface area contributed by atoms with Gasteiger partial charge < -0.3 is 5.73 Å². The van der Waals surface area contributed by atoms with Crippen LogP contribution in [0.1, 0.15) is 12.1 Å². The Kier molecular flexibility index (Phi) is 2.85. The van der Waals surface area contributed by atoms with Crippen LogP contribution in [0.4, 0.5) is 5.13 Å². The lowest BCUT2D eigenvalue weighted by Crippen LogP contribution is -2.54. The molecule has 0 spiro atoms. The molecule has 6 nitrogen and oxygen atoms in total. The van der Waals surface area contributed by atoms with Crippen LogP contribution < -0.4 is 17.0 Å². The number of hydrazine groups is 1. The summed E-state index contributed by atoms with van der Waals surface area (Å²) in [6.45, 7) is 1.56. The normalized spacial score (nSPS) is 21.0. The van der Waals surface area contributed by atoms with Gasteiger partial charge in [-0.2, -0.15) is 0 Å². The highest BCUT2D eigenvalue weighted by atomic mass is 32.1. The number of likely N-dealkylation sites (tertiary alicyclic amines) is 1. The summed E-state index contributed by atoms with van der Waals surface area (Å²) < 4.78 is 0. The molecule has 2 rings (SSSR count). The number of hydrogen-bond donors (Lipinski definition) is 3. The monoisotopic (exact) mass is 227 g/mol. The van der Waals surface area contributed by atoms with Gasteiger partial charge in [0.1, 0.15) is 0 Å². The van der Waals surface area contributed by atoms with Gasteiger partial charge in [-0.3, -0.25) is 15.1 Å². The molecule has 7 heteroatoms. The number of nitrogens with zero attached hydrogens (tertiary/aromatic N) is 2. The van der Waals surface area contributed by atoms with Gasteiger partial charge in [-0.1, -0.05) is 0 Å². The third-order valence-electron chi connectivity index (χ3n) is 2.50. The molecule has 1 aromatic heterocycles. The van der Waals surface area contributed by atoms with E-state index in [4.69, 9.17) is 11.6 Å². The number of anilines is 1. The van der Waals surface area contributed by atoms with Crippen LogP contribution in [0.3, 0.4) is 0 Å². The molecule has 0 saturated carbocycles. The molecule has 1 saturated heterocycles. The zero-order valence-corrected chi connectivity index (χ0v) is 8.96. The number of carbonyl (C=O) groups excluding carboxylic acids is 1. The highest BCUT2D eigenvalue weighted by Crippen LogP contribution is 2.22. The van der Waals surface area contributed by atoms with E-state index in [1.54, 1.807) is 0 Å². The summed E-state index contributed by atoms with van der Waals surface area (Å²) in [5, 5.41) is 2.60. The lowest BCUT2D eigenvalue weighted by atomic mass is 10.0.